The Kier molecular flexibility index (Phi) is 6.75. The average molecular weight is 259 g/mol. The number of fused-ring (bicyclic) bond motifs is 1. The zero-order chi connectivity index (χ0) is 12.8. The zero-order valence-corrected chi connectivity index (χ0v) is 12.9. The molecule has 3 rings (SSSR count). The molecule has 0 fully saturated rings. The normalized spacial score (nSPS) is 9.37. The fraction of sp³-hybridized carbons (Fsp3) is 0.111. The molecule has 0 aliphatic rings. The average Bonchev–Trinajstić information content (AvgIpc) is 2.84. The second-order valence-electron chi connectivity index (χ2n) is 4.24. The van der Waals surface area contributed by atoms with Crippen LogP contribution in [0.1, 0.15) is 13.3 Å². The maximum absolute atomic E-state index is 3.49. The van der Waals surface area contributed by atoms with Crippen molar-refractivity contribution in [2.45, 2.75) is 13.3 Å². The molecule has 0 heterocycles. The van der Waals surface area contributed by atoms with Gasteiger partial charge in [-0.1, -0.05) is 61.0 Å². The molecule has 0 spiro atoms. The molecule has 0 saturated carbocycles. The Morgan fingerprint density at radius 2 is 1.53 bits per heavy atom. The second kappa shape index (κ2) is 8.08. The minimum atomic E-state index is 0. The summed E-state index contributed by atoms with van der Waals surface area (Å²) in [6, 6.07) is 23.4. The van der Waals surface area contributed by atoms with E-state index in [9.17, 15) is 0 Å². The van der Waals surface area contributed by atoms with Crippen molar-refractivity contribution in [1.82, 2.24) is 0 Å². The molecule has 3 aromatic carbocycles. The molecule has 0 N–H and O–H groups in total. The van der Waals surface area contributed by atoms with Crippen LogP contribution in [0, 0.1) is 6.92 Å². The standard InChI is InChI=1S/C15H11.C3H7.Mg/c1-2-6-12(7-3-1)15-10-13-8-4-5-9-14(13)11-15;1-3-2;/h1-11H;1,3H2,2H3;/q2*-1;+2. The Labute approximate surface area is 132 Å². The summed E-state index contributed by atoms with van der Waals surface area (Å²) in [6.07, 6.45) is 1.00. The molecule has 0 bridgehead atoms. The smallest absolute Gasteiger partial charge is 0.344 e. The molecule has 0 unspecified atom stereocenters. The van der Waals surface area contributed by atoms with Crippen LogP contribution < -0.4 is 0 Å². The topological polar surface area (TPSA) is 0 Å². The Bertz CT molecular complexity index is 560. The molecule has 1 heteroatoms. The first-order chi connectivity index (χ1) is 8.85. The summed E-state index contributed by atoms with van der Waals surface area (Å²) in [5, 5.41) is 2.63. The van der Waals surface area contributed by atoms with Gasteiger partial charge in [0.15, 0.2) is 0 Å². The molecule has 0 saturated heterocycles. The summed E-state index contributed by atoms with van der Waals surface area (Å²) in [4.78, 5) is 0. The maximum atomic E-state index is 3.49. The van der Waals surface area contributed by atoms with E-state index in [1.54, 1.807) is 0 Å². The molecular formula is C18H18Mg. The Morgan fingerprint density at radius 3 is 2.16 bits per heavy atom. The Hall–Kier alpha value is -1.18. The van der Waals surface area contributed by atoms with Crippen molar-refractivity contribution in [3.8, 4) is 11.1 Å². The van der Waals surface area contributed by atoms with Crippen molar-refractivity contribution in [3.63, 3.8) is 0 Å². The number of hydrogen-bond acceptors (Lipinski definition) is 0. The third kappa shape index (κ3) is 4.15. The maximum Gasteiger partial charge on any atom is 2.00 e. The van der Waals surface area contributed by atoms with Gasteiger partial charge in [0.1, 0.15) is 0 Å². The van der Waals surface area contributed by atoms with Gasteiger partial charge < -0.3 is 6.92 Å². The van der Waals surface area contributed by atoms with Crippen LogP contribution in [0.5, 0.6) is 0 Å². The van der Waals surface area contributed by atoms with E-state index in [1.165, 1.54) is 21.9 Å². The van der Waals surface area contributed by atoms with Gasteiger partial charge in [-0.25, -0.2) is 0 Å². The van der Waals surface area contributed by atoms with Gasteiger partial charge in [0.05, 0.1) is 0 Å². The van der Waals surface area contributed by atoms with Crippen LogP contribution in [0.3, 0.4) is 0 Å². The van der Waals surface area contributed by atoms with Crippen molar-refractivity contribution in [3.05, 3.63) is 73.7 Å². The summed E-state index contributed by atoms with van der Waals surface area (Å²) >= 11 is 0. The predicted octanol–water partition coefficient (Wildman–Crippen LogP) is 5.08. The summed E-state index contributed by atoms with van der Waals surface area (Å²) in [6.45, 7) is 5.50. The molecule has 0 amide bonds. The van der Waals surface area contributed by atoms with Gasteiger partial charge >= 0.3 is 23.1 Å². The molecule has 0 aromatic heterocycles. The van der Waals surface area contributed by atoms with Crippen molar-refractivity contribution in [1.29, 1.82) is 0 Å². The van der Waals surface area contributed by atoms with Crippen molar-refractivity contribution in [2.24, 2.45) is 0 Å². The van der Waals surface area contributed by atoms with E-state index in [2.05, 4.69) is 67.6 Å². The van der Waals surface area contributed by atoms with Gasteiger partial charge in [-0.05, 0) is 0 Å². The molecule has 0 aliphatic carbocycles. The van der Waals surface area contributed by atoms with Crippen LogP contribution in [0.15, 0.2) is 66.7 Å². The second-order valence-corrected chi connectivity index (χ2v) is 4.24. The van der Waals surface area contributed by atoms with Crippen LogP contribution in [0.4, 0.5) is 0 Å². The van der Waals surface area contributed by atoms with Crippen LogP contribution in [0.25, 0.3) is 21.9 Å². The first-order valence-electron chi connectivity index (χ1n) is 6.35. The quantitative estimate of drug-likeness (QED) is 0.422. The van der Waals surface area contributed by atoms with E-state index in [0.29, 0.717) is 0 Å². The molecule has 19 heavy (non-hydrogen) atoms. The van der Waals surface area contributed by atoms with Crippen molar-refractivity contribution >= 4 is 33.8 Å². The van der Waals surface area contributed by atoms with Crippen molar-refractivity contribution in [2.75, 3.05) is 0 Å². The molecule has 0 nitrogen and oxygen atoms in total. The van der Waals surface area contributed by atoms with Gasteiger partial charge in [-0.2, -0.15) is 6.42 Å². The largest absolute Gasteiger partial charge is 2.00 e. The van der Waals surface area contributed by atoms with E-state index < -0.39 is 0 Å². The Morgan fingerprint density at radius 1 is 0.947 bits per heavy atom. The fourth-order valence-corrected chi connectivity index (χ4v) is 1.95. The van der Waals surface area contributed by atoms with Crippen LogP contribution in [0.2, 0.25) is 0 Å². The van der Waals surface area contributed by atoms with Gasteiger partial charge in [0, 0.05) is 0 Å². The monoisotopic (exact) mass is 258 g/mol. The summed E-state index contributed by atoms with van der Waals surface area (Å²) in [7, 11) is 0. The Balaban J connectivity index is 0.000000416. The number of hydrogen-bond donors (Lipinski definition) is 0. The molecular weight excluding hydrogens is 241 g/mol. The first kappa shape index (κ1) is 15.9. The van der Waals surface area contributed by atoms with Gasteiger partial charge in [-0.15, -0.1) is 34.5 Å². The number of benzene rings is 2. The van der Waals surface area contributed by atoms with Crippen molar-refractivity contribution < 1.29 is 0 Å². The summed E-state index contributed by atoms with van der Waals surface area (Å²) < 4.78 is 0. The third-order valence-corrected chi connectivity index (χ3v) is 2.73. The van der Waals surface area contributed by atoms with E-state index in [4.69, 9.17) is 0 Å². The molecule has 0 radical (unpaired) electrons. The number of rotatable bonds is 1. The van der Waals surface area contributed by atoms with Gasteiger partial charge in [0.2, 0.25) is 0 Å². The molecule has 92 valence electrons. The molecule has 3 aromatic rings. The SMILES string of the molecule is [CH2-]CC.[Mg+2].c1ccc(-c2cc3ccccc3[cH-]2)cc1. The minimum absolute atomic E-state index is 0. The minimum Gasteiger partial charge on any atom is -0.344 e. The fourth-order valence-electron chi connectivity index (χ4n) is 1.95. The molecule has 0 atom stereocenters. The van der Waals surface area contributed by atoms with Crippen LogP contribution >= 0.6 is 0 Å². The first-order valence-corrected chi connectivity index (χ1v) is 6.35. The summed E-state index contributed by atoms with van der Waals surface area (Å²) in [5.41, 5.74) is 2.59. The zero-order valence-electron chi connectivity index (χ0n) is 11.5. The molecule has 0 aliphatic heterocycles. The van der Waals surface area contributed by atoms with E-state index >= 15 is 0 Å². The van der Waals surface area contributed by atoms with Gasteiger partial charge in [-0.3, -0.25) is 0 Å². The van der Waals surface area contributed by atoms with Crippen LogP contribution in [-0.2, 0) is 0 Å². The third-order valence-electron chi connectivity index (χ3n) is 2.73. The predicted molar refractivity (Wildman–Crippen MR) is 86.4 cm³/mol. The van der Waals surface area contributed by atoms with Gasteiger partial charge in [0.25, 0.3) is 0 Å². The van der Waals surface area contributed by atoms with E-state index in [0.717, 1.165) is 6.42 Å². The van der Waals surface area contributed by atoms with E-state index in [1.807, 2.05) is 13.0 Å². The summed E-state index contributed by atoms with van der Waals surface area (Å²) in [5.74, 6) is 0. The van der Waals surface area contributed by atoms with E-state index in [-0.39, 0.29) is 23.1 Å². The van der Waals surface area contributed by atoms with Crippen LogP contribution in [-0.4, -0.2) is 23.1 Å².